The van der Waals surface area contributed by atoms with Gasteiger partial charge in [-0.05, 0) is 33.9 Å². The van der Waals surface area contributed by atoms with E-state index < -0.39 is 5.97 Å². The van der Waals surface area contributed by atoms with Crippen molar-refractivity contribution in [2.45, 2.75) is 64.7 Å². The molecule has 0 rings (SSSR count). The highest BCUT2D eigenvalue weighted by molar-refractivity contribution is 6.15. The molecule has 0 saturated heterocycles. The van der Waals surface area contributed by atoms with Crippen molar-refractivity contribution in [2.24, 2.45) is 0 Å². The maximum absolute atomic E-state index is 11.2. The fourth-order valence-corrected chi connectivity index (χ4v) is 2.20. The van der Waals surface area contributed by atoms with E-state index in [0.29, 0.717) is 18.6 Å². The number of hydrogen-bond donors (Lipinski definition) is 2. The molecule has 0 radical (unpaired) electrons. The van der Waals surface area contributed by atoms with E-state index in [2.05, 4.69) is 30.1 Å². The summed E-state index contributed by atoms with van der Waals surface area (Å²) in [5, 5.41) is 11.3. The molecule has 0 bridgehead atoms. The van der Waals surface area contributed by atoms with Gasteiger partial charge in [-0.25, -0.2) is 4.79 Å². The van der Waals surface area contributed by atoms with Crippen LogP contribution in [0.1, 0.15) is 64.7 Å². The second-order valence-electron chi connectivity index (χ2n) is 7.18. The van der Waals surface area contributed by atoms with E-state index >= 15 is 0 Å². The van der Waals surface area contributed by atoms with Gasteiger partial charge >= 0.3 is 11.9 Å². The summed E-state index contributed by atoms with van der Waals surface area (Å²) in [5.41, 5.74) is 0.557. The number of likely N-dealkylation sites (N-methyl/N-ethyl adjacent to an activating group) is 1. The highest BCUT2D eigenvalue weighted by Gasteiger charge is 2.00. The molecule has 1 amide bonds. The van der Waals surface area contributed by atoms with Crippen LogP contribution in [0, 0.1) is 0 Å². The first-order valence-corrected chi connectivity index (χ1v) is 11.4. The number of esters is 1. The van der Waals surface area contributed by atoms with Crippen LogP contribution in [-0.4, -0.2) is 68.0 Å². The smallest absolute Gasteiger partial charge is 0.330 e. The number of carboxylic acids is 1. The number of nitrogens with one attached hydrogen (secondary N) is 1. The van der Waals surface area contributed by atoms with Gasteiger partial charge in [-0.3, -0.25) is 9.59 Å². The third kappa shape index (κ3) is 33.0. The maximum atomic E-state index is 11.2. The second-order valence-corrected chi connectivity index (χ2v) is 7.18. The molecule has 0 saturated carbocycles. The number of carboxylic acid groups (broad SMARTS) is 1. The Labute approximate surface area is 193 Å². The molecule has 0 unspecified atom stereocenters. The molecule has 0 aliphatic heterocycles. The number of unbranched alkanes of at least 4 members (excludes halogenated alkanes) is 7. The van der Waals surface area contributed by atoms with Crippen LogP contribution >= 0.6 is 11.6 Å². The predicted molar refractivity (Wildman–Crippen MR) is 128 cm³/mol. The minimum absolute atomic E-state index is 0.0570. The first-order valence-electron chi connectivity index (χ1n) is 10.7. The molecule has 0 aromatic heterocycles. The van der Waals surface area contributed by atoms with Crippen LogP contribution < -0.4 is 5.32 Å². The lowest BCUT2D eigenvalue weighted by molar-refractivity contribution is -0.138. The summed E-state index contributed by atoms with van der Waals surface area (Å²) in [5.74, 6) is -1.11. The third-order valence-electron chi connectivity index (χ3n) is 3.94. The molecule has 0 spiro atoms. The number of rotatable bonds is 16. The monoisotopic (exact) mass is 462 g/mol. The fourth-order valence-electron chi connectivity index (χ4n) is 2.20. The maximum Gasteiger partial charge on any atom is 0.330 e. The number of carbonyl (C=O) groups excluding carboxylic acids is 2. The van der Waals surface area contributed by atoms with Crippen molar-refractivity contribution in [3.05, 3.63) is 24.8 Å². The zero-order chi connectivity index (χ0) is 24.5. The van der Waals surface area contributed by atoms with E-state index in [-0.39, 0.29) is 11.9 Å². The minimum atomic E-state index is -0.697. The minimum Gasteiger partial charge on any atom is -0.481 e. The van der Waals surface area contributed by atoms with Gasteiger partial charge in [0.05, 0.1) is 0 Å². The molecule has 0 atom stereocenters. The van der Waals surface area contributed by atoms with Gasteiger partial charge < -0.3 is 20.1 Å². The average molecular weight is 463 g/mol. The summed E-state index contributed by atoms with van der Waals surface area (Å²) in [6.07, 6.45) is 11.6. The second kappa shape index (κ2) is 26.2. The lowest BCUT2D eigenvalue weighted by Gasteiger charge is -2.07. The molecular weight excluding hydrogens is 420 g/mol. The summed E-state index contributed by atoms with van der Waals surface area (Å²) >= 11 is 4.64. The van der Waals surface area contributed by atoms with Crippen LogP contribution in [-0.2, 0) is 19.1 Å². The van der Waals surface area contributed by atoms with Crippen LogP contribution in [0.2, 0.25) is 0 Å². The number of amides is 1. The SMILES string of the molecule is C=C(C)C(=O)NCCCCCCCCCCC(=O)O.C=CC(=O)OCCN(C)C.CCl. The number of ether oxygens (including phenoxy) is 1. The Morgan fingerprint density at radius 3 is 1.90 bits per heavy atom. The fraction of sp³-hybridized carbons (Fsp3) is 0.696. The molecule has 0 aromatic carbocycles. The van der Waals surface area contributed by atoms with Crippen LogP contribution in [0.4, 0.5) is 0 Å². The van der Waals surface area contributed by atoms with Gasteiger partial charge in [-0.2, -0.15) is 0 Å². The Bertz CT molecular complexity index is 496. The van der Waals surface area contributed by atoms with Crippen molar-refractivity contribution < 1.29 is 24.2 Å². The van der Waals surface area contributed by atoms with Crippen molar-refractivity contribution in [1.29, 1.82) is 0 Å². The number of carbonyl (C=O) groups is 3. The van der Waals surface area contributed by atoms with E-state index in [9.17, 15) is 14.4 Å². The number of nitrogens with zero attached hydrogens (tertiary/aromatic N) is 1. The molecule has 182 valence electrons. The summed E-state index contributed by atoms with van der Waals surface area (Å²) in [6.45, 7) is 10.5. The Morgan fingerprint density at radius 1 is 1.00 bits per heavy atom. The molecule has 0 heterocycles. The summed E-state index contributed by atoms with van der Waals surface area (Å²) in [6, 6.07) is 0. The zero-order valence-corrected chi connectivity index (χ0v) is 20.6. The highest BCUT2D eigenvalue weighted by atomic mass is 35.5. The van der Waals surface area contributed by atoms with Gasteiger partial charge in [-0.15, -0.1) is 11.6 Å². The van der Waals surface area contributed by atoms with Crippen molar-refractivity contribution in [2.75, 3.05) is 40.2 Å². The van der Waals surface area contributed by atoms with Gasteiger partial charge in [0.1, 0.15) is 6.61 Å². The van der Waals surface area contributed by atoms with Crippen LogP contribution in [0.3, 0.4) is 0 Å². The molecular formula is C23H43ClN2O5. The summed E-state index contributed by atoms with van der Waals surface area (Å²) in [4.78, 5) is 33.8. The average Bonchev–Trinajstić information content (AvgIpc) is 2.73. The first kappa shape index (κ1) is 33.8. The molecule has 7 nitrogen and oxygen atoms in total. The van der Waals surface area contributed by atoms with E-state index in [0.717, 1.165) is 51.3 Å². The summed E-state index contributed by atoms with van der Waals surface area (Å²) < 4.78 is 4.70. The van der Waals surface area contributed by atoms with Crippen molar-refractivity contribution in [3.8, 4) is 0 Å². The first-order chi connectivity index (χ1) is 14.7. The van der Waals surface area contributed by atoms with E-state index in [1.807, 2.05) is 19.0 Å². The molecule has 31 heavy (non-hydrogen) atoms. The Hall–Kier alpha value is -1.86. The summed E-state index contributed by atoms with van der Waals surface area (Å²) in [7, 11) is 3.84. The number of halogens is 1. The van der Waals surface area contributed by atoms with Crippen LogP contribution in [0.25, 0.3) is 0 Å². The molecule has 2 N–H and O–H groups in total. The number of aliphatic carboxylic acids is 1. The topological polar surface area (TPSA) is 95.9 Å². The lowest BCUT2D eigenvalue weighted by Crippen LogP contribution is -2.24. The number of hydrogen-bond acceptors (Lipinski definition) is 5. The van der Waals surface area contributed by atoms with Crippen molar-refractivity contribution >= 4 is 29.4 Å². The predicted octanol–water partition coefficient (Wildman–Crippen LogP) is 4.41. The van der Waals surface area contributed by atoms with E-state index in [4.69, 9.17) is 9.84 Å². The molecule has 0 aliphatic rings. The lowest BCUT2D eigenvalue weighted by atomic mass is 10.1. The Morgan fingerprint density at radius 2 is 1.48 bits per heavy atom. The van der Waals surface area contributed by atoms with Crippen LogP contribution in [0.15, 0.2) is 24.8 Å². The van der Waals surface area contributed by atoms with Crippen molar-refractivity contribution in [3.63, 3.8) is 0 Å². The Balaban J connectivity index is -0.000000550. The molecule has 0 aromatic rings. The number of alkyl halides is 1. The highest BCUT2D eigenvalue weighted by Crippen LogP contribution is 2.09. The quantitative estimate of drug-likeness (QED) is 0.153. The Kier molecular flexibility index (Phi) is 28.5. The van der Waals surface area contributed by atoms with Gasteiger partial charge in [-0.1, -0.05) is 51.7 Å². The largest absolute Gasteiger partial charge is 0.481 e. The standard InChI is InChI=1S/C15H27NO3.C7H13NO2.CH3Cl/c1-13(2)15(19)16-12-10-8-6-4-3-5-7-9-11-14(17)18;1-4-7(9)10-6-5-8(2)3;1-2/h1,3-12H2,2H3,(H,16,19)(H,17,18);4H,1,5-6H2,2-3H3;1H3. The van der Waals surface area contributed by atoms with Crippen molar-refractivity contribution in [1.82, 2.24) is 10.2 Å². The normalized spacial score (nSPS) is 9.48. The molecule has 0 aliphatic carbocycles. The van der Waals surface area contributed by atoms with E-state index in [1.165, 1.54) is 25.6 Å². The molecule has 0 fully saturated rings. The van der Waals surface area contributed by atoms with Gasteiger partial charge in [0.2, 0.25) is 5.91 Å². The molecule has 8 heteroatoms. The van der Waals surface area contributed by atoms with Crippen LogP contribution in [0.5, 0.6) is 0 Å². The van der Waals surface area contributed by atoms with Gasteiger partial charge in [0, 0.05) is 37.5 Å². The third-order valence-corrected chi connectivity index (χ3v) is 3.94. The van der Waals surface area contributed by atoms with Gasteiger partial charge in [0.15, 0.2) is 0 Å². The van der Waals surface area contributed by atoms with E-state index in [1.54, 1.807) is 6.92 Å². The zero-order valence-electron chi connectivity index (χ0n) is 19.9. The van der Waals surface area contributed by atoms with Gasteiger partial charge in [0.25, 0.3) is 0 Å².